The van der Waals surface area contributed by atoms with Gasteiger partial charge in [0.15, 0.2) is 6.10 Å². The minimum atomic E-state index is -0.494. The standard InChI is InChI=1S/C17H18N2O4/c18-12-8-21-16-14(9-22-15(12)16)23-17(20)19-13-7-3-5-10-4-1-2-6-11(10)13/h1-7,12,14-16H,8-9,18H2,(H,19,20)/p+1/t12-,14+,15+,16+/m0/s1. The molecule has 0 saturated carbocycles. The van der Waals surface area contributed by atoms with Crippen molar-refractivity contribution in [2.45, 2.75) is 24.4 Å². The van der Waals surface area contributed by atoms with Crippen molar-refractivity contribution in [1.82, 2.24) is 0 Å². The van der Waals surface area contributed by atoms with Crippen LogP contribution in [0.25, 0.3) is 10.8 Å². The Kier molecular flexibility index (Phi) is 3.65. The third kappa shape index (κ3) is 2.65. The van der Waals surface area contributed by atoms with E-state index < -0.39 is 6.09 Å². The van der Waals surface area contributed by atoms with Crippen molar-refractivity contribution >= 4 is 22.6 Å². The average molecular weight is 315 g/mol. The van der Waals surface area contributed by atoms with Gasteiger partial charge in [-0.2, -0.15) is 0 Å². The number of benzene rings is 2. The molecule has 4 rings (SSSR count). The lowest BCUT2D eigenvalue weighted by molar-refractivity contribution is -0.430. The summed E-state index contributed by atoms with van der Waals surface area (Å²) < 4.78 is 16.8. The van der Waals surface area contributed by atoms with E-state index in [0.717, 1.165) is 16.5 Å². The summed E-state index contributed by atoms with van der Waals surface area (Å²) >= 11 is 0. The predicted molar refractivity (Wildman–Crippen MR) is 84.0 cm³/mol. The number of carbonyl (C=O) groups excluding carboxylic acids is 1. The summed E-state index contributed by atoms with van der Waals surface area (Å²) in [6.45, 7) is 0.893. The van der Waals surface area contributed by atoms with Gasteiger partial charge < -0.3 is 19.9 Å². The number of rotatable bonds is 2. The Morgan fingerprint density at radius 2 is 1.87 bits per heavy atom. The Morgan fingerprint density at radius 3 is 2.78 bits per heavy atom. The van der Waals surface area contributed by atoms with E-state index in [-0.39, 0.29) is 24.4 Å². The fourth-order valence-electron chi connectivity index (χ4n) is 3.26. The van der Waals surface area contributed by atoms with Crippen molar-refractivity contribution in [3.8, 4) is 0 Å². The van der Waals surface area contributed by atoms with Gasteiger partial charge in [0.25, 0.3) is 0 Å². The lowest BCUT2D eigenvalue weighted by atomic mass is 10.1. The van der Waals surface area contributed by atoms with E-state index >= 15 is 0 Å². The fraction of sp³-hybridized carbons (Fsp3) is 0.353. The molecule has 2 heterocycles. The molecule has 4 atom stereocenters. The Labute approximate surface area is 133 Å². The molecule has 120 valence electrons. The second-order valence-corrected chi connectivity index (χ2v) is 5.95. The summed E-state index contributed by atoms with van der Waals surface area (Å²) in [4.78, 5) is 12.2. The molecule has 0 aromatic heterocycles. The summed E-state index contributed by atoms with van der Waals surface area (Å²) in [5.41, 5.74) is 4.72. The first kappa shape index (κ1) is 14.4. The SMILES string of the molecule is [NH3+][C@H]1CO[C@H]2[C@@H]1OC[C@H]2OC(=O)Nc1cccc2ccccc12. The summed E-state index contributed by atoms with van der Waals surface area (Å²) in [6, 6.07) is 13.7. The number of hydrogen-bond donors (Lipinski definition) is 2. The smallest absolute Gasteiger partial charge is 0.412 e. The quantitative estimate of drug-likeness (QED) is 0.871. The van der Waals surface area contributed by atoms with Crippen LogP contribution in [0.2, 0.25) is 0 Å². The van der Waals surface area contributed by atoms with Gasteiger partial charge in [-0.1, -0.05) is 36.4 Å². The second kappa shape index (κ2) is 5.81. The zero-order valence-corrected chi connectivity index (χ0v) is 12.6. The average Bonchev–Trinajstić information content (AvgIpc) is 3.12. The zero-order valence-electron chi connectivity index (χ0n) is 12.6. The molecular weight excluding hydrogens is 296 g/mol. The van der Waals surface area contributed by atoms with E-state index in [0.29, 0.717) is 13.2 Å². The normalized spacial score (nSPS) is 29.4. The maximum absolute atomic E-state index is 12.2. The summed E-state index contributed by atoms with van der Waals surface area (Å²) in [5, 5.41) is 4.85. The van der Waals surface area contributed by atoms with Crippen molar-refractivity contribution < 1.29 is 24.7 Å². The van der Waals surface area contributed by atoms with Crippen LogP contribution >= 0.6 is 0 Å². The summed E-state index contributed by atoms with van der Waals surface area (Å²) in [7, 11) is 0. The number of carbonyl (C=O) groups is 1. The Morgan fingerprint density at radius 1 is 1.09 bits per heavy atom. The highest BCUT2D eigenvalue weighted by Crippen LogP contribution is 2.28. The lowest BCUT2D eigenvalue weighted by Gasteiger charge is -2.17. The maximum atomic E-state index is 12.2. The van der Waals surface area contributed by atoms with Gasteiger partial charge in [-0.3, -0.25) is 5.32 Å². The van der Waals surface area contributed by atoms with Crippen LogP contribution in [0.1, 0.15) is 0 Å². The van der Waals surface area contributed by atoms with Crippen molar-refractivity contribution in [3.05, 3.63) is 42.5 Å². The van der Waals surface area contributed by atoms with E-state index in [1.165, 1.54) is 0 Å². The van der Waals surface area contributed by atoms with Crippen molar-refractivity contribution in [3.63, 3.8) is 0 Å². The molecule has 2 aliphatic rings. The van der Waals surface area contributed by atoms with Crippen LogP contribution in [0.15, 0.2) is 42.5 Å². The molecule has 4 N–H and O–H groups in total. The summed E-state index contributed by atoms with van der Waals surface area (Å²) in [5.74, 6) is 0. The molecule has 2 fully saturated rings. The van der Waals surface area contributed by atoms with Crippen LogP contribution in [0, 0.1) is 0 Å². The van der Waals surface area contributed by atoms with Gasteiger partial charge in [0.1, 0.15) is 24.9 Å². The molecule has 0 bridgehead atoms. The number of fused-ring (bicyclic) bond motifs is 2. The summed E-state index contributed by atoms with van der Waals surface area (Å²) in [6.07, 6.45) is -1.17. The number of hydrogen-bond acceptors (Lipinski definition) is 4. The molecular formula is C17H19N2O4+. The van der Waals surface area contributed by atoms with Gasteiger partial charge in [0.2, 0.25) is 0 Å². The molecule has 0 unspecified atom stereocenters. The van der Waals surface area contributed by atoms with E-state index in [1.54, 1.807) is 0 Å². The molecule has 0 radical (unpaired) electrons. The van der Waals surface area contributed by atoms with Crippen LogP contribution in [-0.2, 0) is 14.2 Å². The first-order chi connectivity index (χ1) is 11.2. The van der Waals surface area contributed by atoms with Gasteiger partial charge >= 0.3 is 6.09 Å². The molecule has 6 nitrogen and oxygen atoms in total. The van der Waals surface area contributed by atoms with Gasteiger partial charge in [-0.15, -0.1) is 0 Å². The number of amides is 1. The minimum Gasteiger partial charge on any atom is -0.441 e. The van der Waals surface area contributed by atoms with Crippen LogP contribution in [0.3, 0.4) is 0 Å². The molecule has 0 aliphatic carbocycles. The molecule has 2 aliphatic heterocycles. The third-order valence-corrected chi connectivity index (χ3v) is 4.40. The molecule has 2 saturated heterocycles. The van der Waals surface area contributed by atoms with Gasteiger partial charge in [0.05, 0.1) is 12.3 Å². The number of quaternary nitrogens is 1. The number of nitrogens with one attached hydrogen (secondary N) is 1. The largest absolute Gasteiger partial charge is 0.441 e. The van der Waals surface area contributed by atoms with Crippen LogP contribution < -0.4 is 11.1 Å². The molecule has 23 heavy (non-hydrogen) atoms. The Hall–Kier alpha value is -2.15. The van der Waals surface area contributed by atoms with Crippen molar-refractivity contribution in [1.29, 1.82) is 0 Å². The molecule has 2 aromatic carbocycles. The van der Waals surface area contributed by atoms with Crippen LogP contribution in [-0.4, -0.2) is 43.7 Å². The number of anilines is 1. The van der Waals surface area contributed by atoms with Crippen LogP contribution in [0.5, 0.6) is 0 Å². The monoisotopic (exact) mass is 315 g/mol. The van der Waals surface area contributed by atoms with E-state index in [1.807, 2.05) is 42.5 Å². The van der Waals surface area contributed by atoms with Crippen molar-refractivity contribution in [2.24, 2.45) is 0 Å². The van der Waals surface area contributed by atoms with Gasteiger partial charge in [0, 0.05) is 5.39 Å². The predicted octanol–water partition coefficient (Wildman–Crippen LogP) is 1.17. The minimum absolute atomic E-state index is 0.0784. The van der Waals surface area contributed by atoms with E-state index in [4.69, 9.17) is 14.2 Å². The highest BCUT2D eigenvalue weighted by Gasteiger charge is 2.50. The van der Waals surface area contributed by atoms with E-state index in [2.05, 4.69) is 11.1 Å². The Bertz CT molecular complexity index is 730. The first-order valence-corrected chi connectivity index (χ1v) is 7.74. The van der Waals surface area contributed by atoms with E-state index in [9.17, 15) is 4.79 Å². The maximum Gasteiger partial charge on any atom is 0.412 e. The number of ether oxygens (including phenoxy) is 3. The first-order valence-electron chi connectivity index (χ1n) is 7.74. The molecule has 2 aromatic rings. The van der Waals surface area contributed by atoms with Crippen molar-refractivity contribution in [2.75, 3.05) is 18.5 Å². The van der Waals surface area contributed by atoms with Crippen LogP contribution in [0.4, 0.5) is 10.5 Å². The highest BCUT2D eigenvalue weighted by atomic mass is 16.6. The third-order valence-electron chi connectivity index (χ3n) is 4.40. The lowest BCUT2D eigenvalue weighted by Crippen LogP contribution is -2.66. The van der Waals surface area contributed by atoms with Gasteiger partial charge in [-0.05, 0) is 11.5 Å². The topological polar surface area (TPSA) is 84.4 Å². The molecule has 1 amide bonds. The second-order valence-electron chi connectivity index (χ2n) is 5.95. The molecule has 0 spiro atoms. The molecule has 6 heteroatoms. The zero-order chi connectivity index (χ0) is 15.8. The fourth-order valence-corrected chi connectivity index (χ4v) is 3.26. The Balaban J connectivity index is 1.46. The highest BCUT2D eigenvalue weighted by molar-refractivity contribution is 6.00. The van der Waals surface area contributed by atoms with Gasteiger partial charge in [-0.25, -0.2) is 4.79 Å².